The normalized spacial score (nSPS) is 12.1. The second-order valence-corrected chi connectivity index (χ2v) is 5.89. The van der Waals surface area contributed by atoms with Gasteiger partial charge in [0.1, 0.15) is 0 Å². The number of rotatable bonds is 5. The Morgan fingerprint density at radius 1 is 1.19 bits per heavy atom. The van der Waals surface area contributed by atoms with Crippen molar-refractivity contribution >= 4 is 15.9 Å². The number of benzene rings is 2. The molecule has 0 aliphatic carbocycles. The minimum absolute atomic E-state index is 0.535. The molecule has 108 valence electrons. The van der Waals surface area contributed by atoms with Crippen molar-refractivity contribution in [3.05, 3.63) is 69.7 Å². The van der Waals surface area contributed by atoms with Crippen molar-refractivity contribution in [1.29, 1.82) is 5.26 Å². The monoisotopic (exact) mass is 344 g/mol. The van der Waals surface area contributed by atoms with Crippen LogP contribution in [0.25, 0.3) is 0 Å². The molecule has 1 N–H and O–H groups in total. The third-order valence-electron chi connectivity index (χ3n) is 3.31. The zero-order valence-corrected chi connectivity index (χ0v) is 13.4. The molecule has 0 radical (unpaired) electrons. The van der Waals surface area contributed by atoms with Crippen LogP contribution in [0.1, 0.15) is 22.8 Å². The highest BCUT2D eigenvalue weighted by Crippen LogP contribution is 2.19. The van der Waals surface area contributed by atoms with Crippen molar-refractivity contribution in [1.82, 2.24) is 4.90 Å². The molecule has 2 aromatic carbocycles. The number of aliphatic hydroxyl groups excluding tert-OH is 1. The van der Waals surface area contributed by atoms with Crippen LogP contribution in [-0.4, -0.2) is 23.6 Å². The van der Waals surface area contributed by atoms with Crippen LogP contribution in [0.4, 0.5) is 0 Å². The van der Waals surface area contributed by atoms with Crippen molar-refractivity contribution in [2.75, 3.05) is 13.6 Å². The standard InChI is InChI=1S/C17H17BrN2O/c1-20(11-15-4-2-3-5-16(15)18)12-17(21)14-8-6-13(10-19)7-9-14/h2-9,17,21H,11-12H2,1H3. The van der Waals surface area contributed by atoms with Crippen molar-refractivity contribution in [3.63, 3.8) is 0 Å². The molecule has 0 bridgehead atoms. The maximum atomic E-state index is 10.3. The summed E-state index contributed by atoms with van der Waals surface area (Å²) in [6.45, 7) is 1.29. The number of hydrogen-bond donors (Lipinski definition) is 1. The molecule has 21 heavy (non-hydrogen) atoms. The predicted octanol–water partition coefficient (Wildman–Crippen LogP) is 3.49. The van der Waals surface area contributed by atoms with Crippen LogP contribution in [0.2, 0.25) is 0 Å². The SMILES string of the molecule is CN(Cc1ccccc1Br)CC(O)c1ccc(C#N)cc1. The zero-order valence-electron chi connectivity index (χ0n) is 11.8. The summed E-state index contributed by atoms with van der Waals surface area (Å²) in [5.41, 5.74) is 2.62. The van der Waals surface area contributed by atoms with E-state index in [1.807, 2.05) is 25.2 Å². The minimum Gasteiger partial charge on any atom is -0.387 e. The third-order valence-corrected chi connectivity index (χ3v) is 4.08. The van der Waals surface area contributed by atoms with Crippen LogP contribution in [-0.2, 0) is 6.54 Å². The van der Waals surface area contributed by atoms with E-state index in [0.717, 1.165) is 16.6 Å². The van der Waals surface area contributed by atoms with Gasteiger partial charge in [-0.05, 0) is 36.4 Å². The maximum Gasteiger partial charge on any atom is 0.0991 e. The van der Waals surface area contributed by atoms with Gasteiger partial charge in [-0.3, -0.25) is 4.90 Å². The fourth-order valence-corrected chi connectivity index (χ4v) is 2.57. The first-order valence-electron chi connectivity index (χ1n) is 6.70. The van der Waals surface area contributed by atoms with Gasteiger partial charge in [-0.2, -0.15) is 5.26 Å². The molecule has 0 amide bonds. The highest BCUT2D eigenvalue weighted by molar-refractivity contribution is 9.10. The number of halogens is 1. The van der Waals surface area contributed by atoms with E-state index in [4.69, 9.17) is 5.26 Å². The summed E-state index contributed by atoms with van der Waals surface area (Å²) in [5, 5.41) is 19.0. The Morgan fingerprint density at radius 3 is 2.48 bits per heavy atom. The quantitative estimate of drug-likeness (QED) is 0.902. The van der Waals surface area contributed by atoms with Crippen molar-refractivity contribution in [2.24, 2.45) is 0 Å². The van der Waals surface area contributed by atoms with Crippen LogP contribution in [0.15, 0.2) is 53.0 Å². The summed E-state index contributed by atoms with van der Waals surface area (Å²) >= 11 is 3.53. The lowest BCUT2D eigenvalue weighted by molar-refractivity contribution is 0.123. The highest BCUT2D eigenvalue weighted by atomic mass is 79.9. The van der Waals surface area contributed by atoms with Crippen molar-refractivity contribution in [3.8, 4) is 6.07 Å². The Hall–Kier alpha value is -1.67. The van der Waals surface area contributed by atoms with Gasteiger partial charge in [0, 0.05) is 17.6 Å². The molecule has 1 unspecified atom stereocenters. The number of aliphatic hydroxyl groups is 1. The van der Waals surface area contributed by atoms with Gasteiger partial charge < -0.3 is 5.11 Å². The molecular weight excluding hydrogens is 328 g/mol. The van der Waals surface area contributed by atoms with Crippen molar-refractivity contribution < 1.29 is 5.11 Å². The van der Waals surface area contributed by atoms with Gasteiger partial charge in [-0.25, -0.2) is 0 Å². The van der Waals surface area contributed by atoms with E-state index in [1.54, 1.807) is 24.3 Å². The Morgan fingerprint density at radius 2 is 1.86 bits per heavy atom. The van der Waals surface area contributed by atoms with Crippen LogP contribution >= 0.6 is 15.9 Å². The van der Waals surface area contributed by atoms with Gasteiger partial charge >= 0.3 is 0 Å². The Balaban J connectivity index is 1.97. The van der Waals surface area contributed by atoms with E-state index in [0.29, 0.717) is 12.1 Å². The molecule has 0 spiro atoms. The molecular formula is C17H17BrN2O. The number of hydrogen-bond acceptors (Lipinski definition) is 3. The van der Waals surface area contributed by atoms with Crippen LogP contribution in [0.3, 0.4) is 0 Å². The molecule has 0 aliphatic heterocycles. The van der Waals surface area contributed by atoms with E-state index in [1.165, 1.54) is 5.56 Å². The average molecular weight is 345 g/mol. The average Bonchev–Trinajstić information content (AvgIpc) is 2.49. The molecule has 4 heteroatoms. The van der Waals surface area contributed by atoms with Gasteiger partial charge in [-0.15, -0.1) is 0 Å². The summed E-state index contributed by atoms with van der Waals surface area (Å²) in [6.07, 6.45) is -0.565. The first-order chi connectivity index (χ1) is 10.1. The number of nitrogens with zero attached hydrogens (tertiary/aromatic N) is 2. The summed E-state index contributed by atoms with van der Waals surface area (Å²) in [5.74, 6) is 0. The summed E-state index contributed by atoms with van der Waals surface area (Å²) in [4.78, 5) is 2.07. The lowest BCUT2D eigenvalue weighted by Gasteiger charge is -2.21. The van der Waals surface area contributed by atoms with E-state index in [-0.39, 0.29) is 0 Å². The smallest absolute Gasteiger partial charge is 0.0991 e. The van der Waals surface area contributed by atoms with E-state index < -0.39 is 6.10 Å². The van der Waals surface area contributed by atoms with E-state index >= 15 is 0 Å². The molecule has 0 fully saturated rings. The molecule has 0 saturated heterocycles. The molecule has 0 heterocycles. The van der Waals surface area contributed by atoms with Gasteiger partial charge in [0.05, 0.1) is 17.7 Å². The second-order valence-electron chi connectivity index (χ2n) is 5.04. The van der Waals surface area contributed by atoms with Crippen LogP contribution in [0.5, 0.6) is 0 Å². The molecule has 0 aliphatic rings. The van der Waals surface area contributed by atoms with Gasteiger partial charge in [0.25, 0.3) is 0 Å². The molecule has 2 rings (SSSR count). The Kier molecular flexibility index (Phi) is 5.51. The van der Waals surface area contributed by atoms with Gasteiger partial charge in [0.15, 0.2) is 0 Å². The van der Waals surface area contributed by atoms with Crippen molar-refractivity contribution in [2.45, 2.75) is 12.6 Å². The Bertz CT molecular complexity index is 634. The summed E-state index contributed by atoms with van der Waals surface area (Å²) in [7, 11) is 1.98. The largest absolute Gasteiger partial charge is 0.387 e. The zero-order chi connectivity index (χ0) is 15.2. The number of nitriles is 1. The number of likely N-dealkylation sites (N-methyl/N-ethyl adjacent to an activating group) is 1. The van der Waals surface area contributed by atoms with E-state index in [9.17, 15) is 5.11 Å². The minimum atomic E-state index is -0.565. The summed E-state index contributed by atoms with van der Waals surface area (Å²) in [6, 6.07) is 17.2. The van der Waals surface area contributed by atoms with Crippen LogP contribution < -0.4 is 0 Å². The second kappa shape index (κ2) is 7.37. The third kappa shape index (κ3) is 4.40. The molecule has 1 atom stereocenters. The fraction of sp³-hybridized carbons (Fsp3) is 0.235. The lowest BCUT2D eigenvalue weighted by atomic mass is 10.1. The first-order valence-corrected chi connectivity index (χ1v) is 7.49. The lowest BCUT2D eigenvalue weighted by Crippen LogP contribution is -2.24. The fourth-order valence-electron chi connectivity index (χ4n) is 2.16. The predicted molar refractivity (Wildman–Crippen MR) is 86.6 cm³/mol. The highest BCUT2D eigenvalue weighted by Gasteiger charge is 2.12. The van der Waals surface area contributed by atoms with Gasteiger partial charge in [0.2, 0.25) is 0 Å². The van der Waals surface area contributed by atoms with Gasteiger partial charge in [-0.1, -0.05) is 46.3 Å². The van der Waals surface area contributed by atoms with E-state index in [2.05, 4.69) is 33.0 Å². The summed E-state index contributed by atoms with van der Waals surface area (Å²) < 4.78 is 1.07. The molecule has 0 aromatic heterocycles. The molecule has 2 aromatic rings. The molecule has 3 nitrogen and oxygen atoms in total. The first kappa shape index (κ1) is 15.7. The Labute approximate surface area is 133 Å². The maximum absolute atomic E-state index is 10.3. The van der Waals surface area contributed by atoms with Crippen LogP contribution in [0, 0.1) is 11.3 Å². The topological polar surface area (TPSA) is 47.3 Å². The molecule has 0 saturated carbocycles.